The van der Waals surface area contributed by atoms with Gasteiger partial charge in [-0.25, -0.2) is 0 Å². The summed E-state index contributed by atoms with van der Waals surface area (Å²) in [5.74, 6) is 0. The lowest BCUT2D eigenvalue weighted by Gasteiger charge is -2.31. The molecule has 0 atom stereocenters. The maximum absolute atomic E-state index is 5.72. The first kappa shape index (κ1) is 17.9. The zero-order valence-corrected chi connectivity index (χ0v) is 13.6. The van der Waals surface area contributed by atoms with Crippen molar-refractivity contribution in [2.45, 2.75) is 77.2 Å². The van der Waals surface area contributed by atoms with E-state index in [1.54, 1.807) is 0 Å². The number of hydrogen-bond donors (Lipinski definition) is 1. The predicted molar refractivity (Wildman–Crippen MR) is 87.1 cm³/mol. The molecule has 0 radical (unpaired) electrons. The standard InChI is InChI=1S/C17H36N2O/c1-2-3-4-5-6-7-8-9-13-19-14-10-17(11-15-19)20-16-12-18/h17H,2-16,18H2,1H3. The second-order valence-corrected chi connectivity index (χ2v) is 6.18. The Bertz CT molecular complexity index is 203. The van der Waals surface area contributed by atoms with Crippen LogP contribution in [0.4, 0.5) is 0 Å². The van der Waals surface area contributed by atoms with E-state index >= 15 is 0 Å². The summed E-state index contributed by atoms with van der Waals surface area (Å²) in [6.07, 6.45) is 14.2. The molecule has 1 heterocycles. The van der Waals surface area contributed by atoms with Gasteiger partial charge in [-0.05, 0) is 25.8 Å². The minimum Gasteiger partial charge on any atom is -0.377 e. The van der Waals surface area contributed by atoms with Crippen LogP contribution in [0, 0.1) is 0 Å². The maximum atomic E-state index is 5.72. The Morgan fingerprint density at radius 3 is 2.15 bits per heavy atom. The predicted octanol–water partition coefficient (Wildman–Crippen LogP) is 3.57. The third-order valence-electron chi connectivity index (χ3n) is 4.33. The highest BCUT2D eigenvalue weighted by atomic mass is 16.5. The van der Waals surface area contributed by atoms with Crippen LogP contribution in [0.15, 0.2) is 0 Å². The van der Waals surface area contributed by atoms with E-state index in [-0.39, 0.29) is 0 Å². The molecule has 1 saturated heterocycles. The molecular weight excluding hydrogens is 248 g/mol. The number of ether oxygens (including phenoxy) is 1. The highest BCUT2D eigenvalue weighted by molar-refractivity contribution is 4.72. The molecule has 0 bridgehead atoms. The normalized spacial score (nSPS) is 17.7. The van der Waals surface area contributed by atoms with Gasteiger partial charge in [0.25, 0.3) is 0 Å². The molecule has 1 aliphatic heterocycles. The van der Waals surface area contributed by atoms with E-state index < -0.39 is 0 Å². The van der Waals surface area contributed by atoms with Crippen LogP contribution in [0.5, 0.6) is 0 Å². The first-order chi connectivity index (χ1) is 9.86. The van der Waals surface area contributed by atoms with Crippen LogP contribution in [0.1, 0.15) is 71.1 Å². The summed E-state index contributed by atoms with van der Waals surface area (Å²) in [5, 5.41) is 0. The van der Waals surface area contributed by atoms with Crippen molar-refractivity contribution in [2.75, 3.05) is 32.8 Å². The third-order valence-corrected chi connectivity index (χ3v) is 4.33. The molecule has 0 unspecified atom stereocenters. The molecule has 1 fully saturated rings. The molecule has 0 aromatic rings. The highest BCUT2D eigenvalue weighted by Gasteiger charge is 2.18. The van der Waals surface area contributed by atoms with Crippen molar-refractivity contribution in [3.63, 3.8) is 0 Å². The van der Waals surface area contributed by atoms with E-state index in [1.165, 1.54) is 83.8 Å². The van der Waals surface area contributed by atoms with Gasteiger partial charge in [0.05, 0.1) is 12.7 Å². The molecule has 0 saturated carbocycles. The molecule has 0 amide bonds. The van der Waals surface area contributed by atoms with Crippen molar-refractivity contribution in [1.29, 1.82) is 0 Å². The lowest BCUT2D eigenvalue weighted by Crippen LogP contribution is -2.38. The Morgan fingerprint density at radius 1 is 0.950 bits per heavy atom. The Kier molecular flexibility index (Phi) is 11.3. The van der Waals surface area contributed by atoms with Gasteiger partial charge in [-0.15, -0.1) is 0 Å². The number of unbranched alkanes of at least 4 members (excludes halogenated alkanes) is 7. The zero-order valence-electron chi connectivity index (χ0n) is 13.6. The minimum atomic E-state index is 0.466. The average molecular weight is 284 g/mol. The van der Waals surface area contributed by atoms with Gasteiger partial charge in [-0.3, -0.25) is 0 Å². The van der Waals surface area contributed by atoms with Crippen LogP contribution in [-0.2, 0) is 4.74 Å². The minimum absolute atomic E-state index is 0.466. The van der Waals surface area contributed by atoms with E-state index in [0.717, 1.165) is 6.61 Å². The molecule has 20 heavy (non-hydrogen) atoms. The topological polar surface area (TPSA) is 38.5 Å². The molecule has 2 N–H and O–H groups in total. The van der Waals surface area contributed by atoms with Crippen molar-refractivity contribution < 1.29 is 4.74 Å². The fourth-order valence-electron chi connectivity index (χ4n) is 3.00. The van der Waals surface area contributed by atoms with E-state index in [4.69, 9.17) is 10.5 Å². The van der Waals surface area contributed by atoms with Gasteiger partial charge in [0, 0.05) is 19.6 Å². The number of hydrogen-bond acceptors (Lipinski definition) is 3. The second-order valence-electron chi connectivity index (χ2n) is 6.18. The Labute approximate surface area is 126 Å². The average Bonchev–Trinajstić information content (AvgIpc) is 2.49. The van der Waals surface area contributed by atoms with E-state index in [1.807, 2.05) is 0 Å². The van der Waals surface area contributed by atoms with Gasteiger partial charge in [-0.2, -0.15) is 0 Å². The summed E-state index contributed by atoms with van der Waals surface area (Å²) < 4.78 is 5.72. The Morgan fingerprint density at radius 2 is 1.55 bits per heavy atom. The fourth-order valence-corrected chi connectivity index (χ4v) is 3.00. The molecule has 1 aliphatic rings. The smallest absolute Gasteiger partial charge is 0.0600 e. The van der Waals surface area contributed by atoms with E-state index in [9.17, 15) is 0 Å². The molecule has 3 nitrogen and oxygen atoms in total. The largest absolute Gasteiger partial charge is 0.377 e. The molecule has 3 heteroatoms. The third kappa shape index (κ3) is 8.93. The van der Waals surface area contributed by atoms with E-state index in [0.29, 0.717) is 12.6 Å². The van der Waals surface area contributed by atoms with Crippen LogP contribution in [0.2, 0.25) is 0 Å². The monoisotopic (exact) mass is 284 g/mol. The molecular formula is C17H36N2O. The summed E-state index contributed by atoms with van der Waals surface area (Å²) in [4.78, 5) is 2.61. The van der Waals surface area contributed by atoms with Crippen molar-refractivity contribution in [3.8, 4) is 0 Å². The van der Waals surface area contributed by atoms with Crippen molar-refractivity contribution in [3.05, 3.63) is 0 Å². The van der Waals surface area contributed by atoms with Crippen molar-refractivity contribution in [2.24, 2.45) is 5.73 Å². The summed E-state index contributed by atoms with van der Waals surface area (Å²) >= 11 is 0. The first-order valence-electron chi connectivity index (χ1n) is 8.90. The lowest BCUT2D eigenvalue weighted by atomic mass is 10.1. The number of rotatable bonds is 12. The van der Waals surface area contributed by atoms with Crippen molar-refractivity contribution >= 4 is 0 Å². The van der Waals surface area contributed by atoms with Gasteiger partial charge >= 0.3 is 0 Å². The SMILES string of the molecule is CCCCCCCCCCN1CCC(OCCN)CC1. The summed E-state index contributed by atoms with van der Waals surface area (Å²) in [6.45, 7) is 7.38. The molecule has 0 aromatic carbocycles. The Hall–Kier alpha value is -0.120. The fraction of sp³-hybridized carbons (Fsp3) is 1.00. The number of nitrogens with zero attached hydrogens (tertiary/aromatic N) is 1. The number of likely N-dealkylation sites (tertiary alicyclic amines) is 1. The number of nitrogens with two attached hydrogens (primary N) is 1. The molecule has 0 aromatic heterocycles. The van der Waals surface area contributed by atoms with Gasteiger partial charge in [-0.1, -0.05) is 51.9 Å². The second kappa shape index (κ2) is 12.6. The quantitative estimate of drug-likeness (QED) is 0.557. The van der Waals surface area contributed by atoms with Crippen LogP contribution in [0.3, 0.4) is 0 Å². The van der Waals surface area contributed by atoms with Crippen molar-refractivity contribution in [1.82, 2.24) is 4.90 Å². The summed E-state index contributed by atoms with van der Waals surface area (Å²) in [6, 6.07) is 0. The zero-order chi connectivity index (χ0) is 14.5. The molecule has 0 spiro atoms. The first-order valence-corrected chi connectivity index (χ1v) is 8.90. The molecule has 1 rings (SSSR count). The Balaban J connectivity index is 1.86. The highest BCUT2D eigenvalue weighted by Crippen LogP contribution is 2.15. The maximum Gasteiger partial charge on any atom is 0.0600 e. The van der Waals surface area contributed by atoms with Crippen LogP contribution in [0.25, 0.3) is 0 Å². The van der Waals surface area contributed by atoms with Gasteiger partial charge in [0.2, 0.25) is 0 Å². The summed E-state index contributed by atoms with van der Waals surface area (Å²) in [7, 11) is 0. The van der Waals surface area contributed by atoms with Gasteiger partial charge < -0.3 is 15.4 Å². The molecule has 0 aliphatic carbocycles. The number of piperidine rings is 1. The molecule has 120 valence electrons. The summed E-state index contributed by atoms with van der Waals surface area (Å²) in [5.41, 5.74) is 5.47. The van der Waals surface area contributed by atoms with Crippen LogP contribution in [-0.4, -0.2) is 43.8 Å². The van der Waals surface area contributed by atoms with Gasteiger partial charge in [0.1, 0.15) is 0 Å². The van der Waals surface area contributed by atoms with Gasteiger partial charge in [0.15, 0.2) is 0 Å². The van der Waals surface area contributed by atoms with Crippen LogP contribution < -0.4 is 5.73 Å². The van der Waals surface area contributed by atoms with E-state index in [2.05, 4.69) is 11.8 Å². The van der Waals surface area contributed by atoms with Crippen LogP contribution >= 0.6 is 0 Å². The lowest BCUT2D eigenvalue weighted by molar-refractivity contribution is 0.0112.